The summed E-state index contributed by atoms with van der Waals surface area (Å²) < 4.78 is 38.4. The van der Waals surface area contributed by atoms with Gasteiger partial charge in [0, 0.05) is 18.8 Å². The molecule has 0 atom stereocenters. The van der Waals surface area contributed by atoms with E-state index in [1.807, 2.05) is 0 Å². The Hall–Kier alpha value is -2.02. The van der Waals surface area contributed by atoms with Crippen LogP contribution in [0.4, 0.5) is 23.7 Å². The summed E-state index contributed by atoms with van der Waals surface area (Å²) >= 11 is 0. The van der Waals surface area contributed by atoms with Gasteiger partial charge in [-0.2, -0.15) is 13.2 Å². The molecule has 1 aromatic rings. The van der Waals surface area contributed by atoms with Crippen LogP contribution in [0.15, 0.2) is 30.9 Å². The van der Waals surface area contributed by atoms with E-state index in [2.05, 4.69) is 11.9 Å². The Kier molecular flexibility index (Phi) is 5.78. The van der Waals surface area contributed by atoms with E-state index >= 15 is 0 Å². The number of benzene rings is 1. The maximum atomic E-state index is 12.8. The van der Waals surface area contributed by atoms with Gasteiger partial charge in [0.25, 0.3) is 0 Å². The molecule has 116 valence electrons. The molecule has 0 saturated carbocycles. The van der Waals surface area contributed by atoms with Gasteiger partial charge in [-0.05, 0) is 24.6 Å². The first-order valence-electron chi connectivity index (χ1n) is 6.25. The van der Waals surface area contributed by atoms with Crippen LogP contribution in [0, 0.1) is 6.92 Å². The molecule has 0 heterocycles. The van der Waals surface area contributed by atoms with Crippen LogP contribution in [0.3, 0.4) is 0 Å². The van der Waals surface area contributed by atoms with Gasteiger partial charge in [-0.25, -0.2) is 4.79 Å². The van der Waals surface area contributed by atoms with Gasteiger partial charge < -0.3 is 15.3 Å². The van der Waals surface area contributed by atoms with Crippen molar-refractivity contribution < 1.29 is 23.1 Å². The standard InChI is InChI=1S/C14H17F3N2O2/c1-3-7-19(8-9-20)13(21)18-12-6-4-5-11(10(12)2)14(15,16)17/h3-6,20H,1,7-9H2,2H3,(H,18,21). The van der Waals surface area contributed by atoms with Crippen molar-refractivity contribution >= 4 is 11.7 Å². The molecule has 0 aliphatic carbocycles. The Balaban J connectivity index is 2.97. The molecule has 0 aliphatic rings. The topological polar surface area (TPSA) is 52.6 Å². The summed E-state index contributed by atoms with van der Waals surface area (Å²) in [6.07, 6.45) is -3.01. The molecule has 0 bridgehead atoms. The SMILES string of the molecule is C=CCN(CCO)C(=O)Nc1cccc(C(F)(F)F)c1C. The van der Waals surface area contributed by atoms with Crippen molar-refractivity contribution in [1.82, 2.24) is 4.90 Å². The highest BCUT2D eigenvalue weighted by Crippen LogP contribution is 2.34. The summed E-state index contributed by atoms with van der Waals surface area (Å²) in [5, 5.41) is 11.3. The number of aliphatic hydroxyl groups is 1. The third-order valence-corrected chi connectivity index (χ3v) is 2.89. The highest BCUT2D eigenvalue weighted by Gasteiger charge is 2.33. The van der Waals surface area contributed by atoms with Crippen molar-refractivity contribution in [3.05, 3.63) is 42.0 Å². The monoisotopic (exact) mass is 302 g/mol. The van der Waals surface area contributed by atoms with Gasteiger partial charge in [0.1, 0.15) is 0 Å². The maximum Gasteiger partial charge on any atom is 0.416 e. The molecule has 2 amide bonds. The Bertz CT molecular complexity index is 515. The van der Waals surface area contributed by atoms with Crippen LogP contribution in [0.1, 0.15) is 11.1 Å². The molecule has 0 aromatic heterocycles. The lowest BCUT2D eigenvalue weighted by Crippen LogP contribution is -2.37. The number of urea groups is 1. The van der Waals surface area contributed by atoms with Gasteiger partial charge in [0.05, 0.1) is 12.2 Å². The second-order valence-corrected chi connectivity index (χ2v) is 4.36. The Labute approximate surface area is 120 Å². The number of hydrogen-bond acceptors (Lipinski definition) is 2. The smallest absolute Gasteiger partial charge is 0.395 e. The minimum absolute atomic E-state index is 0.0547. The Morgan fingerprint density at radius 3 is 2.67 bits per heavy atom. The van der Waals surface area contributed by atoms with Gasteiger partial charge in [-0.3, -0.25) is 0 Å². The van der Waals surface area contributed by atoms with E-state index in [0.29, 0.717) is 0 Å². The van der Waals surface area contributed by atoms with Gasteiger partial charge in [-0.1, -0.05) is 12.1 Å². The molecule has 2 N–H and O–H groups in total. The summed E-state index contributed by atoms with van der Waals surface area (Å²) in [4.78, 5) is 13.2. The van der Waals surface area contributed by atoms with E-state index in [1.165, 1.54) is 30.0 Å². The first-order chi connectivity index (χ1) is 9.81. The lowest BCUT2D eigenvalue weighted by Gasteiger charge is -2.22. The summed E-state index contributed by atoms with van der Waals surface area (Å²) in [7, 11) is 0. The normalized spacial score (nSPS) is 11.1. The van der Waals surface area contributed by atoms with Crippen molar-refractivity contribution in [1.29, 1.82) is 0 Å². The largest absolute Gasteiger partial charge is 0.416 e. The minimum Gasteiger partial charge on any atom is -0.395 e. The first-order valence-corrected chi connectivity index (χ1v) is 6.25. The molecule has 1 aromatic carbocycles. The third kappa shape index (κ3) is 4.49. The number of rotatable bonds is 5. The van der Waals surface area contributed by atoms with Gasteiger partial charge in [0.2, 0.25) is 0 Å². The van der Waals surface area contributed by atoms with Crippen LogP contribution in [0.25, 0.3) is 0 Å². The molecule has 0 spiro atoms. The van der Waals surface area contributed by atoms with Crippen LogP contribution in [-0.4, -0.2) is 35.7 Å². The summed E-state index contributed by atoms with van der Waals surface area (Å²) in [5.74, 6) is 0. The molecule has 0 saturated heterocycles. The van der Waals surface area contributed by atoms with Gasteiger partial charge in [0.15, 0.2) is 0 Å². The number of aliphatic hydroxyl groups excluding tert-OH is 1. The lowest BCUT2D eigenvalue weighted by molar-refractivity contribution is -0.138. The molecule has 0 aliphatic heterocycles. The zero-order valence-corrected chi connectivity index (χ0v) is 11.6. The molecule has 4 nitrogen and oxygen atoms in total. The molecule has 0 radical (unpaired) electrons. The van der Waals surface area contributed by atoms with Crippen LogP contribution in [0.2, 0.25) is 0 Å². The fourth-order valence-electron chi connectivity index (χ4n) is 1.82. The highest BCUT2D eigenvalue weighted by atomic mass is 19.4. The van der Waals surface area contributed by atoms with Gasteiger partial charge >= 0.3 is 12.2 Å². The Morgan fingerprint density at radius 2 is 2.14 bits per heavy atom. The minimum atomic E-state index is -4.48. The fraction of sp³-hybridized carbons (Fsp3) is 0.357. The van der Waals surface area contributed by atoms with Crippen molar-refractivity contribution in [3.8, 4) is 0 Å². The van der Waals surface area contributed by atoms with Crippen LogP contribution in [-0.2, 0) is 6.18 Å². The van der Waals surface area contributed by atoms with Crippen LogP contribution in [0.5, 0.6) is 0 Å². The number of amides is 2. The van der Waals surface area contributed by atoms with Crippen molar-refractivity contribution in [2.75, 3.05) is 25.0 Å². The quantitative estimate of drug-likeness (QED) is 0.821. The molecule has 7 heteroatoms. The average Bonchev–Trinajstić information content (AvgIpc) is 2.39. The third-order valence-electron chi connectivity index (χ3n) is 2.89. The zero-order chi connectivity index (χ0) is 16.0. The van der Waals surface area contributed by atoms with E-state index < -0.39 is 17.8 Å². The number of anilines is 1. The second-order valence-electron chi connectivity index (χ2n) is 4.36. The summed E-state index contributed by atoms with van der Waals surface area (Å²) in [5.41, 5.74) is -0.763. The summed E-state index contributed by atoms with van der Waals surface area (Å²) in [6, 6.07) is 3.00. The molecule has 0 fully saturated rings. The van der Waals surface area contributed by atoms with Crippen LogP contribution < -0.4 is 5.32 Å². The highest BCUT2D eigenvalue weighted by molar-refractivity contribution is 5.90. The summed E-state index contributed by atoms with van der Waals surface area (Å²) in [6.45, 7) is 4.78. The van der Waals surface area contributed by atoms with Gasteiger partial charge in [-0.15, -0.1) is 6.58 Å². The predicted molar refractivity (Wildman–Crippen MR) is 74.1 cm³/mol. The lowest BCUT2D eigenvalue weighted by atomic mass is 10.1. The number of nitrogens with zero attached hydrogens (tertiary/aromatic N) is 1. The number of hydrogen-bond donors (Lipinski definition) is 2. The number of carbonyl (C=O) groups is 1. The van der Waals surface area contributed by atoms with E-state index in [4.69, 9.17) is 5.11 Å². The molecule has 21 heavy (non-hydrogen) atoms. The average molecular weight is 302 g/mol. The first kappa shape index (κ1) is 17.0. The van der Waals surface area contributed by atoms with Crippen molar-refractivity contribution in [2.45, 2.75) is 13.1 Å². The van der Waals surface area contributed by atoms with E-state index in [1.54, 1.807) is 0 Å². The molecule has 0 unspecified atom stereocenters. The number of nitrogens with one attached hydrogen (secondary N) is 1. The Morgan fingerprint density at radius 1 is 1.48 bits per heavy atom. The zero-order valence-electron chi connectivity index (χ0n) is 11.6. The maximum absolute atomic E-state index is 12.8. The second kappa shape index (κ2) is 7.12. The molecule has 1 rings (SSSR count). The molecular weight excluding hydrogens is 285 g/mol. The number of carbonyl (C=O) groups excluding carboxylic acids is 1. The van der Waals surface area contributed by atoms with Crippen LogP contribution >= 0.6 is 0 Å². The van der Waals surface area contributed by atoms with Crippen molar-refractivity contribution in [2.24, 2.45) is 0 Å². The number of alkyl halides is 3. The number of halogens is 3. The fourth-order valence-corrected chi connectivity index (χ4v) is 1.82. The molecular formula is C14H17F3N2O2. The van der Waals surface area contributed by atoms with Crippen molar-refractivity contribution in [3.63, 3.8) is 0 Å². The van der Waals surface area contributed by atoms with E-state index in [9.17, 15) is 18.0 Å². The van der Waals surface area contributed by atoms with E-state index in [0.717, 1.165) is 6.07 Å². The van der Waals surface area contributed by atoms with E-state index in [-0.39, 0.29) is 30.9 Å². The predicted octanol–water partition coefficient (Wildman–Crippen LogP) is 3.03.